The van der Waals surface area contributed by atoms with E-state index in [1.165, 1.54) is 4.90 Å². The lowest BCUT2D eigenvalue weighted by molar-refractivity contribution is -0.125. The van der Waals surface area contributed by atoms with E-state index in [4.69, 9.17) is 14.3 Å². The van der Waals surface area contributed by atoms with E-state index < -0.39 is 24.0 Å². The quantitative estimate of drug-likeness (QED) is 0.750. The number of methoxy groups -OCH3 is 1. The van der Waals surface area contributed by atoms with E-state index in [2.05, 4.69) is 5.16 Å². The molecule has 0 N–H and O–H groups in total. The number of amides is 2. The normalized spacial score (nSPS) is 34.1. The molecule has 0 aromatic heterocycles. The molecule has 3 saturated heterocycles. The van der Waals surface area contributed by atoms with Gasteiger partial charge in [0.1, 0.15) is 11.9 Å². The Kier molecular flexibility index (Phi) is 3.41. The molecule has 4 heterocycles. The maximum Gasteiger partial charge on any atom is 0.240 e. The van der Waals surface area contributed by atoms with E-state index in [0.29, 0.717) is 5.69 Å². The molecule has 6 rings (SSSR count). The van der Waals surface area contributed by atoms with Gasteiger partial charge in [-0.15, -0.1) is 0 Å². The second-order valence-electron chi connectivity index (χ2n) is 7.77. The molecule has 4 aliphatic heterocycles. The van der Waals surface area contributed by atoms with E-state index in [-0.39, 0.29) is 23.8 Å². The molecule has 2 aromatic carbocycles. The third-order valence-corrected chi connectivity index (χ3v) is 6.44. The fraction of sp³-hybridized carbons (Fsp3) is 0.318. The Balaban J connectivity index is 1.34. The molecular formula is C22H18N2O5. The summed E-state index contributed by atoms with van der Waals surface area (Å²) < 4.78 is 11.3. The highest BCUT2D eigenvalue weighted by molar-refractivity contribution is 6.23. The van der Waals surface area contributed by atoms with E-state index in [0.717, 1.165) is 17.0 Å². The van der Waals surface area contributed by atoms with Crippen molar-refractivity contribution in [3.63, 3.8) is 0 Å². The van der Waals surface area contributed by atoms with Crippen LogP contribution in [0, 0.1) is 17.8 Å². The zero-order valence-corrected chi connectivity index (χ0v) is 15.6. The fourth-order valence-electron chi connectivity index (χ4n) is 5.19. The first-order valence-corrected chi connectivity index (χ1v) is 9.65. The number of hydrogen-bond acceptors (Lipinski definition) is 6. The number of rotatable bonds is 3. The summed E-state index contributed by atoms with van der Waals surface area (Å²) >= 11 is 0. The number of oxime groups is 1. The maximum absolute atomic E-state index is 13.2. The summed E-state index contributed by atoms with van der Waals surface area (Å²) in [5.74, 6) is -0.832. The lowest BCUT2D eigenvalue weighted by Gasteiger charge is -2.26. The number of nitrogens with zero attached hydrogens (tertiary/aromatic N) is 2. The number of fused-ring (bicyclic) bond motifs is 8. The Labute approximate surface area is 166 Å². The number of benzene rings is 2. The number of carbonyl (C=O) groups excluding carboxylic acids is 2. The number of imide groups is 1. The average Bonchev–Trinajstić information content (AvgIpc) is 3.49. The molecule has 3 fully saturated rings. The van der Waals surface area contributed by atoms with E-state index in [9.17, 15) is 9.59 Å². The molecule has 6 unspecified atom stereocenters. The second kappa shape index (κ2) is 5.90. The molecule has 146 valence electrons. The fourth-order valence-corrected chi connectivity index (χ4v) is 5.19. The Bertz CT molecular complexity index is 1030. The van der Waals surface area contributed by atoms with Crippen LogP contribution in [-0.2, 0) is 19.2 Å². The zero-order valence-electron chi connectivity index (χ0n) is 15.6. The van der Waals surface area contributed by atoms with Crippen LogP contribution in [0.25, 0.3) is 0 Å². The average molecular weight is 390 g/mol. The summed E-state index contributed by atoms with van der Waals surface area (Å²) in [6.45, 7) is 0. The van der Waals surface area contributed by atoms with Crippen LogP contribution in [0.5, 0.6) is 5.75 Å². The van der Waals surface area contributed by atoms with Crippen LogP contribution in [-0.4, -0.2) is 42.9 Å². The van der Waals surface area contributed by atoms with E-state index in [1.807, 2.05) is 42.5 Å². The monoisotopic (exact) mass is 390 g/mol. The summed E-state index contributed by atoms with van der Waals surface area (Å²) in [4.78, 5) is 33.4. The Morgan fingerprint density at radius 2 is 1.55 bits per heavy atom. The van der Waals surface area contributed by atoms with Gasteiger partial charge in [0.2, 0.25) is 11.8 Å². The standard InChI is InChI=1S/C22H18N2O5/c1-27-13-9-7-11(8-10-13)17-16-18-14-15(19(28-18)20(16)29-23-17)22(26)24(21(14)25)12-5-3-2-4-6-12/h2-10,14-16,18-20H,1H3. The number of anilines is 1. The number of ether oxygens (including phenoxy) is 2. The SMILES string of the molecule is COc1ccc(C2=NOC3C4OC(C23)C2C(=O)N(c3ccccc3)C(=O)C42)cc1. The van der Waals surface area contributed by atoms with Gasteiger partial charge in [0, 0.05) is 5.56 Å². The van der Waals surface area contributed by atoms with Crippen LogP contribution in [0.15, 0.2) is 59.8 Å². The molecule has 0 saturated carbocycles. The van der Waals surface area contributed by atoms with Gasteiger partial charge in [-0.2, -0.15) is 0 Å². The highest BCUT2D eigenvalue weighted by Crippen LogP contribution is 2.55. The van der Waals surface area contributed by atoms with E-state index in [1.54, 1.807) is 19.2 Å². The van der Waals surface area contributed by atoms with Gasteiger partial charge in [0.15, 0.2) is 6.10 Å². The summed E-state index contributed by atoms with van der Waals surface area (Å²) in [5.41, 5.74) is 2.27. The topological polar surface area (TPSA) is 77.4 Å². The molecule has 0 spiro atoms. The highest BCUT2D eigenvalue weighted by atomic mass is 16.7. The molecule has 2 aromatic rings. The van der Waals surface area contributed by atoms with Gasteiger partial charge in [-0.25, -0.2) is 4.90 Å². The van der Waals surface area contributed by atoms with Crippen LogP contribution >= 0.6 is 0 Å². The van der Waals surface area contributed by atoms with Crippen LogP contribution in [0.4, 0.5) is 5.69 Å². The minimum Gasteiger partial charge on any atom is -0.497 e. The van der Waals surface area contributed by atoms with Gasteiger partial charge in [0.05, 0.1) is 42.4 Å². The number of carbonyl (C=O) groups is 2. The number of hydrogen-bond donors (Lipinski definition) is 0. The molecular weight excluding hydrogens is 372 g/mol. The minimum atomic E-state index is -0.514. The summed E-state index contributed by atoms with van der Waals surface area (Å²) in [6, 6.07) is 16.6. The largest absolute Gasteiger partial charge is 0.497 e. The lowest BCUT2D eigenvalue weighted by atomic mass is 9.71. The Morgan fingerprint density at radius 3 is 2.24 bits per heavy atom. The second-order valence-corrected chi connectivity index (χ2v) is 7.77. The van der Waals surface area contributed by atoms with Crippen molar-refractivity contribution in [2.75, 3.05) is 12.0 Å². The predicted molar refractivity (Wildman–Crippen MR) is 102 cm³/mol. The summed E-state index contributed by atoms with van der Waals surface area (Å²) in [5, 5.41) is 4.30. The van der Waals surface area contributed by atoms with Gasteiger partial charge in [-0.1, -0.05) is 23.4 Å². The first-order chi connectivity index (χ1) is 14.2. The maximum atomic E-state index is 13.2. The third-order valence-electron chi connectivity index (χ3n) is 6.44. The minimum absolute atomic E-state index is 0.165. The van der Waals surface area contributed by atoms with Gasteiger partial charge < -0.3 is 14.3 Å². The molecule has 6 atom stereocenters. The lowest BCUT2D eigenvalue weighted by Crippen LogP contribution is -2.45. The highest BCUT2D eigenvalue weighted by Gasteiger charge is 2.72. The van der Waals surface area contributed by atoms with Gasteiger partial charge >= 0.3 is 0 Å². The molecule has 4 aliphatic rings. The van der Waals surface area contributed by atoms with Crippen LogP contribution < -0.4 is 9.64 Å². The van der Waals surface area contributed by atoms with Crippen LogP contribution in [0.2, 0.25) is 0 Å². The van der Waals surface area contributed by atoms with Crippen molar-refractivity contribution in [2.24, 2.45) is 22.9 Å². The smallest absolute Gasteiger partial charge is 0.240 e. The van der Waals surface area contributed by atoms with Crippen LogP contribution in [0.1, 0.15) is 5.56 Å². The summed E-state index contributed by atoms with van der Waals surface area (Å²) in [6.07, 6.45) is -1.21. The van der Waals surface area contributed by atoms with Crippen molar-refractivity contribution in [3.05, 3.63) is 60.2 Å². The van der Waals surface area contributed by atoms with Gasteiger partial charge in [0.25, 0.3) is 0 Å². The molecule has 2 amide bonds. The van der Waals surface area contributed by atoms with Crippen molar-refractivity contribution < 1.29 is 23.9 Å². The van der Waals surface area contributed by atoms with Crippen molar-refractivity contribution in [1.29, 1.82) is 0 Å². The van der Waals surface area contributed by atoms with Crippen molar-refractivity contribution in [3.8, 4) is 5.75 Å². The predicted octanol–water partition coefficient (Wildman–Crippen LogP) is 2.00. The summed E-state index contributed by atoms with van der Waals surface area (Å²) in [7, 11) is 1.62. The van der Waals surface area contributed by atoms with E-state index >= 15 is 0 Å². The van der Waals surface area contributed by atoms with Crippen molar-refractivity contribution >= 4 is 23.2 Å². The molecule has 0 aliphatic carbocycles. The number of para-hydroxylation sites is 1. The van der Waals surface area contributed by atoms with Crippen molar-refractivity contribution in [2.45, 2.75) is 18.3 Å². The van der Waals surface area contributed by atoms with Gasteiger partial charge in [-0.05, 0) is 36.4 Å². The Hall–Kier alpha value is -3.19. The van der Waals surface area contributed by atoms with Gasteiger partial charge in [-0.3, -0.25) is 9.59 Å². The first-order valence-electron chi connectivity index (χ1n) is 9.65. The molecule has 7 heteroatoms. The molecule has 0 radical (unpaired) electrons. The molecule has 2 bridgehead atoms. The van der Waals surface area contributed by atoms with Crippen molar-refractivity contribution in [1.82, 2.24) is 0 Å². The van der Waals surface area contributed by atoms with Crippen LogP contribution in [0.3, 0.4) is 0 Å². The molecule has 7 nitrogen and oxygen atoms in total. The Morgan fingerprint density at radius 1 is 0.862 bits per heavy atom. The first kappa shape index (κ1) is 16.7. The third kappa shape index (κ3) is 2.13. The molecule has 29 heavy (non-hydrogen) atoms. The zero-order chi connectivity index (χ0) is 19.7.